The molecule has 0 spiro atoms. The van der Waals surface area contributed by atoms with E-state index in [1.54, 1.807) is 19.9 Å². The Morgan fingerprint density at radius 2 is 1.97 bits per heavy atom. The summed E-state index contributed by atoms with van der Waals surface area (Å²) < 4.78 is 52.8. The van der Waals surface area contributed by atoms with E-state index in [2.05, 4.69) is 14.9 Å². The van der Waals surface area contributed by atoms with Gasteiger partial charge in [-0.05, 0) is 43.2 Å². The molecule has 168 valence electrons. The van der Waals surface area contributed by atoms with Crippen LogP contribution < -0.4 is 14.4 Å². The molecule has 1 amide bonds. The minimum absolute atomic E-state index is 0.0423. The molecule has 9 nitrogen and oxygen atoms in total. The highest BCUT2D eigenvalue weighted by Crippen LogP contribution is 2.37. The Labute approximate surface area is 184 Å². The molecule has 0 bridgehead atoms. The second-order valence-corrected chi connectivity index (χ2v) is 9.03. The zero-order chi connectivity index (χ0) is 23.0. The van der Waals surface area contributed by atoms with Gasteiger partial charge in [-0.3, -0.25) is 14.4 Å². The van der Waals surface area contributed by atoms with Crippen molar-refractivity contribution in [2.24, 2.45) is 0 Å². The molecule has 0 radical (unpaired) electrons. The molecule has 1 aliphatic rings. The number of hydrogen-bond acceptors (Lipinski definition) is 7. The van der Waals surface area contributed by atoms with Gasteiger partial charge in [-0.1, -0.05) is 18.1 Å². The molecular formula is C21H21FN4O5S. The van der Waals surface area contributed by atoms with Crippen LogP contribution in [0.25, 0.3) is 0 Å². The van der Waals surface area contributed by atoms with Crippen molar-refractivity contribution in [3.05, 3.63) is 59.0 Å². The van der Waals surface area contributed by atoms with Gasteiger partial charge in [0, 0.05) is 12.5 Å². The number of carbonyl (C=O) groups is 1. The molecular weight excluding hydrogens is 439 g/mol. The van der Waals surface area contributed by atoms with E-state index in [-0.39, 0.29) is 35.4 Å². The highest BCUT2D eigenvalue weighted by atomic mass is 32.2. The SMILES string of the molecule is CCc1nc(CN2C(=O)COc3cc(S(=O)(=O)Nc4ccc(C)c(F)c4)c(C)cc32)no1. The Morgan fingerprint density at radius 1 is 1.19 bits per heavy atom. The van der Waals surface area contributed by atoms with Gasteiger partial charge in [0.15, 0.2) is 12.4 Å². The van der Waals surface area contributed by atoms with Crippen LogP contribution in [0.5, 0.6) is 5.75 Å². The third-order valence-electron chi connectivity index (χ3n) is 5.03. The number of nitrogens with zero attached hydrogens (tertiary/aromatic N) is 3. The van der Waals surface area contributed by atoms with Crippen LogP contribution in [0.15, 0.2) is 39.8 Å². The smallest absolute Gasteiger partial charge is 0.265 e. The van der Waals surface area contributed by atoms with Crippen molar-refractivity contribution >= 4 is 27.3 Å². The number of halogens is 1. The molecule has 0 saturated heterocycles. The van der Waals surface area contributed by atoms with Crippen molar-refractivity contribution in [2.75, 3.05) is 16.2 Å². The second-order valence-electron chi connectivity index (χ2n) is 7.38. The molecule has 0 atom stereocenters. The van der Waals surface area contributed by atoms with Gasteiger partial charge >= 0.3 is 0 Å². The molecule has 0 fully saturated rings. The molecule has 2 aromatic carbocycles. The summed E-state index contributed by atoms with van der Waals surface area (Å²) in [5.74, 6) is 0.184. The summed E-state index contributed by atoms with van der Waals surface area (Å²) in [6.45, 7) is 4.86. The standard InChI is InChI=1S/C21H21FN4O5S/c1-4-20-23-19(24-31-20)10-26-16-7-13(3)18(9-17(16)30-11-21(26)27)32(28,29)25-14-6-5-12(2)15(22)8-14/h5-9,25H,4,10-11H2,1-3H3. The van der Waals surface area contributed by atoms with E-state index >= 15 is 0 Å². The van der Waals surface area contributed by atoms with E-state index in [9.17, 15) is 17.6 Å². The number of hydrogen-bond donors (Lipinski definition) is 1. The van der Waals surface area contributed by atoms with Crippen molar-refractivity contribution in [1.82, 2.24) is 10.1 Å². The first kappa shape index (κ1) is 21.8. The van der Waals surface area contributed by atoms with Crippen molar-refractivity contribution in [3.8, 4) is 5.75 Å². The number of amides is 1. The summed E-state index contributed by atoms with van der Waals surface area (Å²) in [5, 5.41) is 3.87. The lowest BCUT2D eigenvalue weighted by molar-refractivity contribution is -0.121. The Hall–Kier alpha value is -3.47. The van der Waals surface area contributed by atoms with Crippen LogP contribution in [0.3, 0.4) is 0 Å². The maximum atomic E-state index is 13.8. The fourth-order valence-electron chi connectivity index (χ4n) is 3.30. The van der Waals surface area contributed by atoms with Crippen LogP contribution in [-0.4, -0.2) is 31.1 Å². The number of aromatic nitrogens is 2. The van der Waals surface area contributed by atoms with Crippen molar-refractivity contribution < 1.29 is 26.9 Å². The first-order valence-corrected chi connectivity index (χ1v) is 11.3. The summed E-state index contributed by atoms with van der Waals surface area (Å²) in [6.07, 6.45) is 0.568. The maximum absolute atomic E-state index is 13.8. The first-order chi connectivity index (χ1) is 15.2. The molecule has 11 heteroatoms. The molecule has 0 saturated carbocycles. The molecule has 1 aromatic heterocycles. The van der Waals surface area contributed by atoms with E-state index in [1.807, 2.05) is 6.92 Å². The van der Waals surface area contributed by atoms with Crippen LogP contribution in [0.2, 0.25) is 0 Å². The highest BCUT2D eigenvalue weighted by Gasteiger charge is 2.30. The number of carbonyl (C=O) groups excluding carboxylic acids is 1. The molecule has 32 heavy (non-hydrogen) atoms. The lowest BCUT2D eigenvalue weighted by Gasteiger charge is -2.29. The van der Waals surface area contributed by atoms with E-state index in [0.29, 0.717) is 35.0 Å². The van der Waals surface area contributed by atoms with Crippen LogP contribution in [0.1, 0.15) is 29.8 Å². The normalized spacial score (nSPS) is 13.6. The fourth-order valence-corrected chi connectivity index (χ4v) is 4.59. The highest BCUT2D eigenvalue weighted by molar-refractivity contribution is 7.92. The lowest BCUT2D eigenvalue weighted by Crippen LogP contribution is -2.38. The van der Waals surface area contributed by atoms with Crippen LogP contribution in [-0.2, 0) is 27.8 Å². The Bertz CT molecular complexity index is 1310. The molecule has 2 heterocycles. The predicted octanol–water partition coefficient (Wildman–Crippen LogP) is 3.11. The van der Waals surface area contributed by atoms with Crippen molar-refractivity contribution in [3.63, 3.8) is 0 Å². The van der Waals surface area contributed by atoms with Gasteiger partial charge in [0.1, 0.15) is 11.6 Å². The molecule has 1 aliphatic heterocycles. The first-order valence-electron chi connectivity index (χ1n) is 9.86. The minimum Gasteiger partial charge on any atom is -0.482 e. The zero-order valence-electron chi connectivity index (χ0n) is 17.7. The second kappa shape index (κ2) is 8.23. The summed E-state index contributed by atoms with van der Waals surface area (Å²) in [4.78, 5) is 18.1. The summed E-state index contributed by atoms with van der Waals surface area (Å²) in [7, 11) is -4.04. The van der Waals surface area contributed by atoms with Gasteiger partial charge < -0.3 is 9.26 Å². The molecule has 0 unspecified atom stereocenters. The van der Waals surface area contributed by atoms with Gasteiger partial charge in [0.25, 0.3) is 15.9 Å². The monoisotopic (exact) mass is 460 g/mol. The number of ether oxygens (including phenoxy) is 1. The predicted molar refractivity (Wildman–Crippen MR) is 113 cm³/mol. The number of aryl methyl sites for hydroxylation is 3. The number of nitrogens with one attached hydrogen (secondary N) is 1. The van der Waals surface area contributed by atoms with Crippen molar-refractivity contribution in [2.45, 2.75) is 38.6 Å². The molecule has 4 rings (SSSR count). The van der Waals surface area contributed by atoms with E-state index in [4.69, 9.17) is 9.26 Å². The largest absolute Gasteiger partial charge is 0.482 e. The van der Waals surface area contributed by atoms with Gasteiger partial charge in [-0.15, -0.1) is 0 Å². The molecule has 1 N–H and O–H groups in total. The fraction of sp³-hybridized carbons (Fsp3) is 0.286. The van der Waals surface area contributed by atoms with Gasteiger partial charge in [-0.2, -0.15) is 4.98 Å². The molecule has 0 aliphatic carbocycles. The average Bonchev–Trinajstić information content (AvgIpc) is 3.20. The van der Waals surface area contributed by atoms with Crippen molar-refractivity contribution in [1.29, 1.82) is 0 Å². The lowest BCUT2D eigenvalue weighted by atomic mass is 10.1. The minimum atomic E-state index is -4.04. The average molecular weight is 460 g/mol. The third kappa shape index (κ3) is 4.15. The van der Waals surface area contributed by atoms with Gasteiger partial charge in [0.05, 0.1) is 22.8 Å². The van der Waals surface area contributed by atoms with Gasteiger partial charge in [0.2, 0.25) is 5.89 Å². The topological polar surface area (TPSA) is 115 Å². The van der Waals surface area contributed by atoms with E-state index < -0.39 is 15.8 Å². The summed E-state index contributed by atoms with van der Waals surface area (Å²) >= 11 is 0. The number of sulfonamides is 1. The molecule has 3 aromatic rings. The van der Waals surface area contributed by atoms with E-state index in [0.717, 1.165) is 6.07 Å². The summed E-state index contributed by atoms with van der Waals surface area (Å²) in [6, 6.07) is 6.99. The summed E-state index contributed by atoms with van der Waals surface area (Å²) in [5.41, 5.74) is 1.30. The van der Waals surface area contributed by atoms with Gasteiger partial charge in [-0.25, -0.2) is 12.8 Å². The van der Waals surface area contributed by atoms with Crippen LogP contribution in [0, 0.1) is 19.7 Å². The quantitative estimate of drug-likeness (QED) is 0.601. The Balaban J connectivity index is 1.66. The Kier molecular flexibility index (Phi) is 5.59. The number of benzene rings is 2. The third-order valence-corrected chi connectivity index (χ3v) is 6.55. The zero-order valence-corrected chi connectivity index (χ0v) is 18.5. The Morgan fingerprint density at radius 3 is 2.66 bits per heavy atom. The van der Waals surface area contributed by atoms with Crippen LogP contribution in [0.4, 0.5) is 15.8 Å². The number of fused-ring (bicyclic) bond motifs is 1. The maximum Gasteiger partial charge on any atom is 0.265 e. The van der Waals surface area contributed by atoms with E-state index in [1.165, 1.54) is 23.1 Å². The van der Waals surface area contributed by atoms with Crippen LogP contribution >= 0.6 is 0 Å². The number of anilines is 2. The number of rotatable bonds is 6.